The zero-order chi connectivity index (χ0) is 18.5. The van der Waals surface area contributed by atoms with E-state index in [1.165, 1.54) is 18.2 Å². The average Bonchev–Trinajstić information content (AvgIpc) is 3.08. The van der Waals surface area contributed by atoms with Crippen molar-refractivity contribution in [2.24, 2.45) is 4.99 Å². The third-order valence-electron chi connectivity index (χ3n) is 4.26. The molecule has 1 aliphatic heterocycles. The van der Waals surface area contributed by atoms with E-state index in [2.05, 4.69) is 20.6 Å². The highest BCUT2D eigenvalue weighted by Crippen LogP contribution is 2.26. The molecule has 26 heavy (non-hydrogen) atoms. The Labute approximate surface area is 156 Å². The lowest BCUT2D eigenvalue weighted by molar-refractivity contribution is 0.576. The van der Waals surface area contributed by atoms with E-state index in [1.54, 1.807) is 24.2 Å². The number of hydrogen-bond acceptors (Lipinski definition) is 3. The molecule has 8 heteroatoms. The molecule has 0 bridgehead atoms. The van der Waals surface area contributed by atoms with E-state index in [9.17, 15) is 8.78 Å². The summed E-state index contributed by atoms with van der Waals surface area (Å²) in [6.45, 7) is 1.62. The number of aromatic nitrogens is 1. The Hall–Kier alpha value is -2.41. The monoisotopic (exact) mass is 379 g/mol. The Morgan fingerprint density at radius 3 is 2.73 bits per heavy atom. The molecule has 1 aromatic heterocycles. The van der Waals surface area contributed by atoms with Crippen molar-refractivity contribution in [1.82, 2.24) is 15.6 Å². The maximum absolute atomic E-state index is 13.9. The Kier molecular flexibility index (Phi) is 5.88. The quantitative estimate of drug-likeness (QED) is 0.487. The van der Waals surface area contributed by atoms with E-state index >= 15 is 0 Å². The van der Waals surface area contributed by atoms with Crippen LogP contribution in [0.4, 0.5) is 14.5 Å². The van der Waals surface area contributed by atoms with Crippen molar-refractivity contribution in [2.75, 3.05) is 25.0 Å². The molecule has 0 radical (unpaired) electrons. The highest BCUT2D eigenvalue weighted by Gasteiger charge is 2.27. The average molecular weight is 380 g/mol. The van der Waals surface area contributed by atoms with Crippen LogP contribution in [0.25, 0.3) is 0 Å². The van der Waals surface area contributed by atoms with E-state index < -0.39 is 11.6 Å². The summed E-state index contributed by atoms with van der Waals surface area (Å²) in [4.78, 5) is 9.95. The molecule has 2 N–H and O–H groups in total. The molecule has 1 aromatic carbocycles. The number of anilines is 1. The smallest absolute Gasteiger partial charge is 0.191 e. The van der Waals surface area contributed by atoms with Gasteiger partial charge in [-0.15, -0.1) is 0 Å². The molecule has 0 amide bonds. The first kappa shape index (κ1) is 18.4. The van der Waals surface area contributed by atoms with Crippen molar-refractivity contribution in [3.05, 3.63) is 58.9 Å². The van der Waals surface area contributed by atoms with Crippen molar-refractivity contribution in [2.45, 2.75) is 19.0 Å². The SMILES string of the molecule is CN=C(NCc1ccc(Cl)nc1)NC1CCN(c2c(F)cccc2F)C1. The number of hydrogen-bond donors (Lipinski definition) is 2. The summed E-state index contributed by atoms with van der Waals surface area (Å²) in [5, 5.41) is 6.94. The first-order chi connectivity index (χ1) is 12.6. The molecular formula is C18H20ClF2N5. The number of aliphatic imine (C=N–C) groups is 1. The second-order valence-corrected chi connectivity index (χ2v) is 6.45. The molecule has 0 spiro atoms. The lowest BCUT2D eigenvalue weighted by Crippen LogP contribution is -2.44. The molecular weight excluding hydrogens is 360 g/mol. The first-order valence-corrected chi connectivity index (χ1v) is 8.71. The summed E-state index contributed by atoms with van der Waals surface area (Å²) >= 11 is 5.78. The highest BCUT2D eigenvalue weighted by molar-refractivity contribution is 6.29. The number of pyridine rings is 1. The minimum Gasteiger partial charge on any atom is -0.365 e. The zero-order valence-corrected chi connectivity index (χ0v) is 15.1. The van der Waals surface area contributed by atoms with Gasteiger partial charge in [0.1, 0.15) is 22.5 Å². The number of para-hydroxylation sites is 1. The molecule has 0 aliphatic carbocycles. The molecule has 0 saturated carbocycles. The molecule has 1 aliphatic rings. The molecule has 2 heterocycles. The maximum Gasteiger partial charge on any atom is 0.191 e. The molecule has 5 nitrogen and oxygen atoms in total. The van der Waals surface area contributed by atoms with Gasteiger partial charge >= 0.3 is 0 Å². The van der Waals surface area contributed by atoms with Crippen LogP contribution in [-0.2, 0) is 6.54 Å². The topological polar surface area (TPSA) is 52.6 Å². The van der Waals surface area contributed by atoms with E-state index in [1.807, 2.05) is 6.07 Å². The van der Waals surface area contributed by atoms with Crippen LogP contribution in [0.3, 0.4) is 0 Å². The largest absolute Gasteiger partial charge is 0.365 e. The summed E-state index contributed by atoms with van der Waals surface area (Å²) in [7, 11) is 1.68. The second kappa shape index (κ2) is 8.31. The van der Waals surface area contributed by atoms with Gasteiger partial charge in [-0.25, -0.2) is 13.8 Å². The number of halogens is 3. The van der Waals surface area contributed by atoms with Crippen molar-refractivity contribution < 1.29 is 8.78 Å². The van der Waals surface area contributed by atoms with Gasteiger partial charge < -0.3 is 15.5 Å². The van der Waals surface area contributed by atoms with Gasteiger partial charge in [0.15, 0.2) is 5.96 Å². The van der Waals surface area contributed by atoms with E-state index in [-0.39, 0.29) is 11.7 Å². The van der Waals surface area contributed by atoms with Gasteiger partial charge in [0.25, 0.3) is 0 Å². The minimum atomic E-state index is -0.539. The minimum absolute atomic E-state index is 0.0342. The van der Waals surface area contributed by atoms with Gasteiger partial charge in [0.2, 0.25) is 0 Å². The molecule has 1 fully saturated rings. The fourth-order valence-corrected chi connectivity index (χ4v) is 3.07. The lowest BCUT2D eigenvalue weighted by Gasteiger charge is -2.21. The Morgan fingerprint density at radius 1 is 1.31 bits per heavy atom. The Morgan fingerprint density at radius 2 is 2.08 bits per heavy atom. The van der Waals surface area contributed by atoms with Crippen LogP contribution in [0.1, 0.15) is 12.0 Å². The number of nitrogens with zero attached hydrogens (tertiary/aromatic N) is 3. The highest BCUT2D eigenvalue weighted by atomic mass is 35.5. The maximum atomic E-state index is 13.9. The van der Waals surface area contributed by atoms with E-state index in [0.29, 0.717) is 30.7 Å². The van der Waals surface area contributed by atoms with Gasteiger partial charge in [-0.3, -0.25) is 4.99 Å². The van der Waals surface area contributed by atoms with Gasteiger partial charge in [-0.1, -0.05) is 23.7 Å². The zero-order valence-electron chi connectivity index (χ0n) is 14.3. The molecule has 1 saturated heterocycles. The summed E-state index contributed by atoms with van der Waals surface area (Å²) in [5.74, 6) is -0.451. The predicted octanol–water partition coefficient (Wildman–Crippen LogP) is 2.96. The summed E-state index contributed by atoms with van der Waals surface area (Å²) < 4.78 is 27.9. The van der Waals surface area contributed by atoms with E-state index in [0.717, 1.165) is 12.0 Å². The number of benzene rings is 1. The molecule has 2 aromatic rings. The van der Waals surface area contributed by atoms with E-state index in [4.69, 9.17) is 11.6 Å². The van der Waals surface area contributed by atoms with Gasteiger partial charge in [0, 0.05) is 38.9 Å². The van der Waals surface area contributed by atoms with Crippen molar-refractivity contribution in [3.63, 3.8) is 0 Å². The fourth-order valence-electron chi connectivity index (χ4n) is 2.96. The van der Waals surface area contributed by atoms with Crippen LogP contribution >= 0.6 is 11.6 Å². The van der Waals surface area contributed by atoms with Gasteiger partial charge in [-0.2, -0.15) is 0 Å². The van der Waals surface area contributed by atoms with Crippen LogP contribution in [-0.4, -0.2) is 37.1 Å². The van der Waals surface area contributed by atoms with Crippen molar-refractivity contribution in [3.8, 4) is 0 Å². The lowest BCUT2D eigenvalue weighted by atomic mass is 10.2. The summed E-state index contributed by atoms with van der Waals surface area (Å²) in [6.07, 6.45) is 2.46. The molecule has 1 unspecified atom stereocenters. The van der Waals surface area contributed by atoms with Crippen molar-refractivity contribution >= 4 is 23.2 Å². The van der Waals surface area contributed by atoms with Crippen LogP contribution in [0.15, 0.2) is 41.5 Å². The first-order valence-electron chi connectivity index (χ1n) is 8.33. The number of guanidine groups is 1. The molecule has 138 valence electrons. The molecule has 3 rings (SSSR count). The summed E-state index contributed by atoms with van der Waals surface area (Å²) in [6, 6.07) is 7.58. The number of nitrogens with one attached hydrogen (secondary N) is 2. The predicted molar refractivity (Wildman–Crippen MR) is 99.6 cm³/mol. The molecule has 1 atom stereocenters. The third kappa shape index (κ3) is 4.40. The van der Waals surface area contributed by atoms with Crippen LogP contribution in [0.2, 0.25) is 5.15 Å². The standard InChI is InChI=1S/C18H20ClF2N5/c1-22-18(24-10-12-5-6-16(19)23-9-12)25-13-7-8-26(11-13)17-14(20)3-2-4-15(17)21/h2-6,9,13H,7-8,10-11H2,1H3,(H2,22,24,25). The van der Waals surface area contributed by atoms with Crippen LogP contribution in [0.5, 0.6) is 0 Å². The fraction of sp³-hybridized carbons (Fsp3) is 0.333. The summed E-state index contributed by atoms with van der Waals surface area (Å²) in [5.41, 5.74) is 1.01. The third-order valence-corrected chi connectivity index (χ3v) is 4.48. The van der Waals surface area contributed by atoms with Gasteiger partial charge in [0.05, 0.1) is 0 Å². The van der Waals surface area contributed by atoms with Gasteiger partial charge in [-0.05, 0) is 30.2 Å². The second-order valence-electron chi connectivity index (χ2n) is 6.06. The van der Waals surface area contributed by atoms with Crippen LogP contribution < -0.4 is 15.5 Å². The number of rotatable bonds is 4. The van der Waals surface area contributed by atoms with Crippen molar-refractivity contribution in [1.29, 1.82) is 0 Å². The van der Waals surface area contributed by atoms with Crippen LogP contribution in [0, 0.1) is 11.6 Å². The Bertz CT molecular complexity index is 761. The Balaban J connectivity index is 1.56. The normalized spacial score (nSPS) is 17.5.